The van der Waals surface area contributed by atoms with Gasteiger partial charge in [0.2, 0.25) is 0 Å². The summed E-state index contributed by atoms with van der Waals surface area (Å²) in [6, 6.07) is 6.86. The maximum atomic E-state index is 11.2. The van der Waals surface area contributed by atoms with Crippen LogP contribution >= 0.6 is 22.9 Å². The van der Waals surface area contributed by atoms with E-state index in [0.29, 0.717) is 32.3 Å². The quantitative estimate of drug-likeness (QED) is 0.744. The molecule has 0 aliphatic carbocycles. The van der Waals surface area contributed by atoms with Crippen LogP contribution in [-0.2, 0) is 0 Å². The highest BCUT2D eigenvalue weighted by atomic mass is 35.5. The number of nitrogens with zero attached hydrogens (tertiary/aromatic N) is 1. The zero-order valence-electron chi connectivity index (χ0n) is 11.5. The number of fused-ring (bicyclic) bond motifs is 1. The van der Waals surface area contributed by atoms with Crippen LogP contribution in [0.3, 0.4) is 0 Å². The van der Waals surface area contributed by atoms with Gasteiger partial charge in [0.25, 0.3) is 0 Å². The second kappa shape index (κ2) is 5.47. The smallest absolute Gasteiger partial charge is 0.348 e. The normalized spacial score (nSPS) is 10.8. The van der Waals surface area contributed by atoms with Crippen LogP contribution in [0.25, 0.3) is 10.1 Å². The van der Waals surface area contributed by atoms with Gasteiger partial charge >= 0.3 is 5.97 Å². The molecule has 0 aliphatic heterocycles. The van der Waals surface area contributed by atoms with Gasteiger partial charge in [-0.15, -0.1) is 11.3 Å². The number of ether oxygens (including phenoxy) is 1. The number of carboxylic acid groups (broad SMARTS) is 1. The van der Waals surface area contributed by atoms with E-state index in [9.17, 15) is 9.90 Å². The molecule has 1 aromatic carbocycles. The second-order valence-electron chi connectivity index (χ2n) is 4.62. The number of halogens is 1. The lowest BCUT2D eigenvalue weighted by Crippen LogP contribution is -1.98. The molecule has 3 rings (SSSR count). The van der Waals surface area contributed by atoms with E-state index < -0.39 is 5.97 Å². The first-order valence-corrected chi connectivity index (χ1v) is 7.51. The van der Waals surface area contributed by atoms with Gasteiger partial charge in [-0.3, -0.25) is 4.98 Å². The molecule has 0 spiro atoms. The number of hydrogen-bond donors (Lipinski definition) is 2. The molecule has 0 bridgehead atoms. The van der Waals surface area contributed by atoms with Crippen molar-refractivity contribution in [3.8, 4) is 11.5 Å². The molecule has 2 heterocycles. The summed E-state index contributed by atoms with van der Waals surface area (Å²) >= 11 is 6.93. The Kier molecular flexibility index (Phi) is 3.64. The van der Waals surface area contributed by atoms with Crippen molar-refractivity contribution in [2.75, 3.05) is 5.73 Å². The molecule has 0 unspecified atom stereocenters. The van der Waals surface area contributed by atoms with Gasteiger partial charge in [0.05, 0.1) is 21.5 Å². The fraction of sp³-hybridized carbons (Fsp3) is 0.0667. The van der Waals surface area contributed by atoms with Crippen molar-refractivity contribution in [2.45, 2.75) is 6.92 Å². The van der Waals surface area contributed by atoms with Gasteiger partial charge in [-0.05, 0) is 31.2 Å². The third-order valence-electron chi connectivity index (χ3n) is 3.13. The molecule has 0 saturated carbocycles. The molecule has 0 atom stereocenters. The van der Waals surface area contributed by atoms with Crippen LogP contribution in [0, 0.1) is 6.92 Å². The van der Waals surface area contributed by atoms with Crippen molar-refractivity contribution >= 4 is 44.7 Å². The third-order valence-corrected chi connectivity index (χ3v) is 4.51. The van der Waals surface area contributed by atoms with E-state index in [4.69, 9.17) is 22.1 Å². The number of aryl methyl sites for hydroxylation is 1. The van der Waals surface area contributed by atoms with Crippen molar-refractivity contribution in [1.82, 2.24) is 4.98 Å². The van der Waals surface area contributed by atoms with E-state index in [-0.39, 0.29) is 10.6 Å². The minimum atomic E-state index is -1.06. The van der Waals surface area contributed by atoms with E-state index in [2.05, 4.69) is 4.98 Å². The lowest BCUT2D eigenvalue weighted by atomic mass is 10.2. The first kappa shape index (κ1) is 14.6. The molecule has 112 valence electrons. The minimum absolute atomic E-state index is 0.0864. The summed E-state index contributed by atoms with van der Waals surface area (Å²) in [6.07, 6.45) is 1.60. The van der Waals surface area contributed by atoms with Gasteiger partial charge in [0.15, 0.2) is 5.75 Å². The van der Waals surface area contributed by atoms with Gasteiger partial charge in [-0.25, -0.2) is 4.79 Å². The van der Waals surface area contributed by atoms with Gasteiger partial charge in [0.1, 0.15) is 10.6 Å². The van der Waals surface area contributed by atoms with E-state index in [1.54, 1.807) is 37.4 Å². The number of thiophene rings is 1. The topological polar surface area (TPSA) is 85.4 Å². The molecular weight excluding hydrogens is 324 g/mol. The van der Waals surface area contributed by atoms with Crippen molar-refractivity contribution in [1.29, 1.82) is 0 Å². The zero-order valence-corrected chi connectivity index (χ0v) is 13.0. The number of nitrogens with two attached hydrogens (primary N) is 1. The maximum absolute atomic E-state index is 11.2. The molecule has 0 fully saturated rings. The lowest BCUT2D eigenvalue weighted by molar-refractivity contribution is 0.0703. The number of carboxylic acids is 1. The van der Waals surface area contributed by atoms with E-state index in [1.165, 1.54) is 0 Å². The van der Waals surface area contributed by atoms with Crippen LogP contribution in [0.2, 0.25) is 5.02 Å². The summed E-state index contributed by atoms with van der Waals surface area (Å²) in [5.74, 6) is -0.0286. The summed E-state index contributed by atoms with van der Waals surface area (Å²) in [5, 5.41) is 10.4. The predicted octanol–water partition coefficient (Wildman–Crippen LogP) is 4.33. The van der Waals surface area contributed by atoms with Crippen LogP contribution in [0.15, 0.2) is 30.5 Å². The number of anilines is 1. The summed E-state index contributed by atoms with van der Waals surface area (Å²) < 4.78 is 6.53. The van der Waals surface area contributed by atoms with E-state index >= 15 is 0 Å². The van der Waals surface area contributed by atoms with Crippen LogP contribution in [0.1, 0.15) is 15.4 Å². The minimum Gasteiger partial charge on any atom is -0.477 e. The van der Waals surface area contributed by atoms with E-state index in [1.807, 2.05) is 0 Å². The first-order chi connectivity index (χ1) is 10.5. The number of rotatable bonds is 3. The van der Waals surface area contributed by atoms with Gasteiger partial charge < -0.3 is 15.6 Å². The molecule has 2 aromatic heterocycles. The highest BCUT2D eigenvalue weighted by molar-refractivity contribution is 7.21. The van der Waals surface area contributed by atoms with E-state index in [0.717, 1.165) is 11.3 Å². The molecule has 3 N–H and O–H groups in total. The second-order valence-corrected chi connectivity index (χ2v) is 6.11. The standard InChI is InChI=1S/C15H11ClN2O3S/c1-7-13(21-9-4-2-8(16)3-5-9)11-10(6-18-7)22-14(12(11)17)15(19)20/h2-6H,17H2,1H3,(H,19,20). The number of aromatic nitrogens is 1. The molecular formula is C15H11ClN2O3S. The SMILES string of the molecule is Cc1ncc2sc(C(=O)O)c(N)c2c1Oc1ccc(Cl)cc1. The molecule has 0 amide bonds. The summed E-state index contributed by atoms with van der Waals surface area (Å²) in [4.78, 5) is 15.6. The molecule has 22 heavy (non-hydrogen) atoms. The van der Waals surface area contributed by atoms with Gasteiger partial charge in [-0.1, -0.05) is 11.6 Å². The monoisotopic (exact) mass is 334 g/mol. The molecule has 0 saturated heterocycles. The summed E-state index contributed by atoms with van der Waals surface area (Å²) in [5.41, 5.74) is 6.81. The first-order valence-electron chi connectivity index (χ1n) is 6.31. The number of nitrogen functional groups attached to an aromatic ring is 1. The Labute approximate surface area is 134 Å². The Balaban J connectivity index is 2.17. The number of carbonyl (C=O) groups is 1. The Hall–Kier alpha value is -2.31. The van der Waals surface area contributed by atoms with Crippen LogP contribution in [0.4, 0.5) is 5.69 Å². The fourth-order valence-corrected chi connectivity index (χ4v) is 3.14. The summed E-state index contributed by atoms with van der Waals surface area (Å²) in [7, 11) is 0. The predicted molar refractivity (Wildman–Crippen MR) is 87.3 cm³/mol. The highest BCUT2D eigenvalue weighted by Crippen LogP contribution is 2.42. The average molecular weight is 335 g/mol. The van der Waals surface area contributed by atoms with Gasteiger partial charge in [0, 0.05) is 11.2 Å². The van der Waals surface area contributed by atoms with Gasteiger partial charge in [-0.2, -0.15) is 0 Å². The number of aromatic carboxylic acids is 1. The Bertz CT molecular complexity index is 875. The number of benzene rings is 1. The maximum Gasteiger partial charge on any atom is 0.348 e. The molecule has 3 aromatic rings. The Morgan fingerprint density at radius 3 is 2.68 bits per heavy atom. The average Bonchev–Trinajstić information content (AvgIpc) is 2.82. The molecule has 5 nitrogen and oxygen atoms in total. The molecule has 0 aliphatic rings. The largest absolute Gasteiger partial charge is 0.477 e. The lowest BCUT2D eigenvalue weighted by Gasteiger charge is -2.10. The van der Waals surface area contributed by atoms with Crippen molar-refractivity contribution in [2.24, 2.45) is 0 Å². The molecule has 0 radical (unpaired) electrons. The highest BCUT2D eigenvalue weighted by Gasteiger charge is 2.21. The Morgan fingerprint density at radius 1 is 1.36 bits per heavy atom. The van der Waals surface area contributed by atoms with Crippen LogP contribution in [0.5, 0.6) is 11.5 Å². The van der Waals surface area contributed by atoms with Crippen LogP contribution in [-0.4, -0.2) is 16.1 Å². The number of hydrogen-bond acceptors (Lipinski definition) is 5. The fourth-order valence-electron chi connectivity index (χ4n) is 2.09. The van der Waals surface area contributed by atoms with Crippen molar-refractivity contribution in [3.05, 3.63) is 46.1 Å². The van der Waals surface area contributed by atoms with Crippen molar-refractivity contribution in [3.63, 3.8) is 0 Å². The third kappa shape index (κ3) is 2.47. The number of pyridine rings is 1. The van der Waals surface area contributed by atoms with Crippen molar-refractivity contribution < 1.29 is 14.6 Å². The zero-order chi connectivity index (χ0) is 15.9. The van der Waals surface area contributed by atoms with Crippen LogP contribution < -0.4 is 10.5 Å². The Morgan fingerprint density at radius 2 is 2.05 bits per heavy atom. The molecule has 7 heteroatoms. The summed E-state index contributed by atoms with van der Waals surface area (Å²) in [6.45, 7) is 1.78.